The second-order valence-electron chi connectivity index (χ2n) is 5.68. The summed E-state index contributed by atoms with van der Waals surface area (Å²) in [5.74, 6) is 0.722. The summed E-state index contributed by atoms with van der Waals surface area (Å²) in [7, 11) is 0. The standard InChI is InChI=1S/C16H23N3/c17-16(19-9-2-1-3-10-19)18-12-13-7-8-14-5-4-6-15(14)11-13/h7-8,11H,1-6,9-10,12H2,(H2,17,18). The minimum absolute atomic E-state index is 0.718. The molecule has 0 saturated carbocycles. The minimum Gasteiger partial charge on any atom is -0.370 e. The van der Waals surface area contributed by atoms with Gasteiger partial charge in [0.25, 0.3) is 0 Å². The molecule has 19 heavy (non-hydrogen) atoms. The molecular weight excluding hydrogens is 234 g/mol. The van der Waals surface area contributed by atoms with Gasteiger partial charge in [-0.2, -0.15) is 0 Å². The number of aliphatic imine (C=N–C) groups is 1. The summed E-state index contributed by atoms with van der Waals surface area (Å²) in [5, 5.41) is 0. The van der Waals surface area contributed by atoms with E-state index in [1.165, 1.54) is 55.2 Å². The van der Waals surface area contributed by atoms with Crippen LogP contribution in [-0.2, 0) is 19.4 Å². The van der Waals surface area contributed by atoms with E-state index in [0.717, 1.165) is 25.6 Å². The van der Waals surface area contributed by atoms with E-state index in [-0.39, 0.29) is 0 Å². The van der Waals surface area contributed by atoms with Crippen molar-refractivity contribution in [3.8, 4) is 0 Å². The highest BCUT2D eigenvalue weighted by atomic mass is 15.2. The van der Waals surface area contributed by atoms with Gasteiger partial charge in [-0.25, -0.2) is 4.99 Å². The van der Waals surface area contributed by atoms with E-state index in [4.69, 9.17) is 5.73 Å². The minimum atomic E-state index is 0.718. The Morgan fingerprint density at radius 2 is 1.84 bits per heavy atom. The maximum atomic E-state index is 6.08. The first-order chi connectivity index (χ1) is 9.33. The Balaban J connectivity index is 1.64. The second kappa shape index (κ2) is 5.64. The molecule has 0 bridgehead atoms. The number of nitrogens with zero attached hydrogens (tertiary/aromatic N) is 2. The summed E-state index contributed by atoms with van der Waals surface area (Å²) < 4.78 is 0. The van der Waals surface area contributed by atoms with E-state index >= 15 is 0 Å². The Labute approximate surface area is 115 Å². The van der Waals surface area contributed by atoms with Crippen molar-refractivity contribution >= 4 is 5.96 Å². The molecule has 0 unspecified atom stereocenters. The Hall–Kier alpha value is -1.51. The quantitative estimate of drug-likeness (QED) is 0.653. The highest BCUT2D eigenvalue weighted by molar-refractivity contribution is 5.78. The average Bonchev–Trinajstić information content (AvgIpc) is 2.93. The van der Waals surface area contributed by atoms with Crippen molar-refractivity contribution in [1.29, 1.82) is 0 Å². The lowest BCUT2D eigenvalue weighted by Crippen LogP contribution is -2.40. The third-order valence-electron chi connectivity index (χ3n) is 4.27. The van der Waals surface area contributed by atoms with Crippen molar-refractivity contribution in [2.75, 3.05) is 13.1 Å². The predicted molar refractivity (Wildman–Crippen MR) is 79.2 cm³/mol. The van der Waals surface area contributed by atoms with Crippen molar-refractivity contribution in [2.45, 2.75) is 45.1 Å². The molecule has 2 aliphatic rings. The summed E-state index contributed by atoms with van der Waals surface area (Å²) in [6, 6.07) is 6.79. The number of nitrogens with two attached hydrogens (primary N) is 1. The van der Waals surface area contributed by atoms with Crippen LogP contribution in [0.5, 0.6) is 0 Å². The molecule has 1 aromatic carbocycles. The van der Waals surface area contributed by atoms with Crippen LogP contribution in [0.15, 0.2) is 23.2 Å². The van der Waals surface area contributed by atoms with Crippen molar-refractivity contribution in [3.63, 3.8) is 0 Å². The average molecular weight is 257 g/mol. The van der Waals surface area contributed by atoms with Crippen LogP contribution in [0.4, 0.5) is 0 Å². The molecule has 1 fully saturated rings. The third-order valence-corrected chi connectivity index (χ3v) is 4.27. The molecule has 1 aliphatic heterocycles. The largest absolute Gasteiger partial charge is 0.370 e. The molecule has 0 radical (unpaired) electrons. The van der Waals surface area contributed by atoms with Gasteiger partial charge in [0, 0.05) is 13.1 Å². The zero-order chi connectivity index (χ0) is 13.1. The molecular formula is C16H23N3. The lowest BCUT2D eigenvalue weighted by molar-refractivity contribution is 0.338. The number of likely N-dealkylation sites (tertiary alicyclic amines) is 1. The summed E-state index contributed by atoms with van der Waals surface area (Å²) in [6.45, 7) is 2.86. The molecule has 3 nitrogen and oxygen atoms in total. The first-order valence-electron chi connectivity index (χ1n) is 7.48. The molecule has 0 amide bonds. The first-order valence-corrected chi connectivity index (χ1v) is 7.48. The zero-order valence-electron chi connectivity index (χ0n) is 11.6. The van der Waals surface area contributed by atoms with Crippen LogP contribution in [-0.4, -0.2) is 23.9 Å². The maximum Gasteiger partial charge on any atom is 0.191 e. The number of hydrogen-bond acceptors (Lipinski definition) is 1. The van der Waals surface area contributed by atoms with Gasteiger partial charge in [0.2, 0.25) is 0 Å². The van der Waals surface area contributed by atoms with Crippen LogP contribution < -0.4 is 5.73 Å². The molecule has 3 heteroatoms. The summed E-state index contributed by atoms with van der Waals surface area (Å²) >= 11 is 0. The molecule has 1 saturated heterocycles. The van der Waals surface area contributed by atoms with E-state index in [1.807, 2.05) is 0 Å². The Bertz CT molecular complexity index is 473. The number of fused-ring (bicyclic) bond motifs is 1. The van der Waals surface area contributed by atoms with Crippen LogP contribution in [0, 0.1) is 0 Å². The fourth-order valence-electron chi connectivity index (χ4n) is 3.12. The lowest BCUT2D eigenvalue weighted by Gasteiger charge is -2.27. The molecule has 1 aromatic rings. The second-order valence-corrected chi connectivity index (χ2v) is 5.68. The van der Waals surface area contributed by atoms with Crippen molar-refractivity contribution in [2.24, 2.45) is 10.7 Å². The van der Waals surface area contributed by atoms with Gasteiger partial charge in [-0.05, 0) is 55.2 Å². The van der Waals surface area contributed by atoms with Crippen LogP contribution >= 0.6 is 0 Å². The number of rotatable bonds is 2. The molecule has 2 N–H and O–H groups in total. The molecule has 0 atom stereocenters. The summed E-state index contributed by atoms with van der Waals surface area (Å²) in [4.78, 5) is 6.78. The fourth-order valence-corrected chi connectivity index (χ4v) is 3.12. The van der Waals surface area contributed by atoms with Crippen molar-refractivity contribution in [3.05, 3.63) is 34.9 Å². The van der Waals surface area contributed by atoms with E-state index < -0.39 is 0 Å². The van der Waals surface area contributed by atoms with E-state index in [0.29, 0.717) is 0 Å². The third kappa shape index (κ3) is 2.91. The van der Waals surface area contributed by atoms with Crippen molar-refractivity contribution in [1.82, 2.24) is 4.90 Å². The van der Waals surface area contributed by atoms with Gasteiger partial charge in [-0.3, -0.25) is 0 Å². The number of aryl methyl sites for hydroxylation is 2. The molecule has 3 rings (SSSR count). The maximum absolute atomic E-state index is 6.08. The number of hydrogen-bond donors (Lipinski definition) is 1. The number of piperidine rings is 1. The normalized spacial score (nSPS) is 19.6. The summed E-state index contributed by atoms with van der Waals surface area (Å²) in [5.41, 5.74) is 10.4. The van der Waals surface area contributed by atoms with E-state index in [9.17, 15) is 0 Å². The van der Waals surface area contributed by atoms with Gasteiger partial charge >= 0.3 is 0 Å². The summed E-state index contributed by atoms with van der Waals surface area (Å²) in [6.07, 6.45) is 7.60. The monoisotopic (exact) mass is 257 g/mol. The van der Waals surface area contributed by atoms with Gasteiger partial charge in [0.15, 0.2) is 5.96 Å². The van der Waals surface area contributed by atoms with Gasteiger partial charge in [-0.15, -0.1) is 0 Å². The molecule has 1 heterocycles. The molecule has 102 valence electrons. The van der Waals surface area contributed by atoms with E-state index in [2.05, 4.69) is 28.1 Å². The van der Waals surface area contributed by atoms with Crippen molar-refractivity contribution < 1.29 is 0 Å². The molecule has 0 aromatic heterocycles. The number of benzene rings is 1. The van der Waals surface area contributed by atoms with Crippen LogP contribution in [0.1, 0.15) is 42.4 Å². The Kier molecular flexibility index (Phi) is 3.72. The fraction of sp³-hybridized carbons (Fsp3) is 0.562. The highest BCUT2D eigenvalue weighted by Gasteiger charge is 2.13. The Morgan fingerprint density at radius 1 is 1.05 bits per heavy atom. The predicted octanol–water partition coefficient (Wildman–Crippen LogP) is 2.48. The van der Waals surface area contributed by atoms with Crippen LogP contribution in [0.25, 0.3) is 0 Å². The van der Waals surface area contributed by atoms with Crippen LogP contribution in [0.2, 0.25) is 0 Å². The SMILES string of the molecule is NC(=NCc1ccc2c(c1)CCC2)N1CCCCC1. The van der Waals surface area contributed by atoms with Gasteiger partial charge in [0.05, 0.1) is 6.54 Å². The van der Waals surface area contributed by atoms with E-state index in [1.54, 1.807) is 0 Å². The van der Waals surface area contributed by atoms with Crippen LogP contribution in [0.3, 0.4) is 0 Å². The zero-order valence-corrected chi connectivity index (χ0v) is 11.6. The smallest absolute Gasteiger partial charge is 0.191 e. The highest BCUT2D eigenvalue weighted by Crippen LogP contribution is 2.23. The van der Waals surface area contributed by atoms with Gasteiger partial charge in [0.1, 0.15) is 0 Å². The topological polar surface area (TPSA) is 41.6 Å². The molecule has 0 spiro atoms. The number of guanidine groups is 1. The van der Waals surface area contributed by atoms with Gasteiger partial charge in [-0.1, -0.05) is 18.2 Å². The lowest BCUT2D eigenvalue weighted by atomic mass is 10.1. The molecule has 1 aliphatic carbocycles. The van der Waals surface area contributed by atoms with Gasteiger partial charge < -0.3 is 10.6 Å². The first kappa shape index (κ1) is 12.5. The Morgan fingerprint density at radius 3 is 2.68 bits per heavy atom.